The zero-order chi connectivity index (χ0) is 18.6. The third-order valence-electron chi connectivity index (χ3n) is 4.96. The van der Waals surface area contributed by atoms with Crippen molar-refractivity contribution in [3.63, 3.8) is 0 Å². The van der Waals surface area contributed by atoms with Gasteiger partial charge in [0.2, 0.25) is 5.95 Å². The van der Waals surface area contributed by atoms with E-state index in [-0.39, 0.29) is 5.78 Å². The standard InChI is InChI=1S/C19H22N6OS/c1-2-15(26)9-12-3-5-13(6-4-12)22-18-17-16(7-8-27-17)24-19(25-18)23-14-10-20-21-11-14/h2,7-8,10-13H,1,3-6,9H2,(H,20,21)(H2,22,23,24,25). The Bertz CT molecular complexity index is 927. The number of aromatic nitrogens is 4. The van der Waals surface area contributed by atoms with E-state index < -0.39 is 0 Å². The molecule has 0 atom stereocenters. The van der Waals surface area contributed by atoms with Crippen LogP contribution in [0.2, 0.25) is 0 Å². The van der Waals surface area contributed by atoms with Gasteiger partial charge in [-0.05, 0) is 49.1 Å². The molecule has 3 heterocycles. The summed E-state index contributed by atoms with van der Waals surface area (Å²) in [4.78, 5) is 20.8. The summed E-state index contributed by atoms with van der Waals surface area (Å²) in [5.41, 5.74) is 1.75. The third-order valence-corrected chi connectivity index (χ3v) is 5.87. The molecule has 1 fully saturated rings. The fourth-order valence-corrected chi connectivity index (χ4v) is 4.32. The fourth-order valence-electron chi connectivity index (χ4n) is 3.54. The first kappa shape index (κ1) is 17.7. The number of nitrogens with one attached hydrogen (secondary N) is 3. The Hall–Kier alpha value is -2.74. The van der Waals surface area contributed by atoms with Crippen molar-refractivity contribution in [2.24, 2.45) is 5.92 Å². The number of thiophene rings is 1. The lowest BCUT2D eigenvalue weighted by molar-refractivity contribution is -0.115. The second-order valence-corrected chi connectivity index (χ2v) is 7.80. The first-order valence-corrected chi connectivity index (χ1v) is 10.0. The van der Waals surface area contributed by atoms with E-state index in [1.807, 2.05) is 11.4 Å². The number of hydrogen-bond acceptors (Lipinski definition) is 7. The first-order valence-electron chi connectivity index (χ1n) is 9.14. The topological polar surface area (TPSA) is 95.6 Å². The first-order chi connectivity index (χ1) is 13.2. The molecule has 27 heavy (non-hydrogen) atoms. The minimum atomic E-state index is 0.150. The highest BCUT2D eigenvalue weighted by Crippen LogP contribution is 2.32. The molecule has 1 aliphatic carbocycles. The van der Waals surface area contributed by atoms with Crippen LogP contribution >= 0.6 is 11.3 Å². The highest BCUT2D eigenvalue weighted by molar-refractivity contribution is 7.17. The number of nitrogens with zero attached hydrogens (tertiary/aromatic N) is 3. The van der Waals surface area contributed by atoms with Crippen LogP contribution in [0.15, 0.2) is 36.5 Å². The maximum atomic E-state index is 11.6. The van der Waals surface area contributed by atoms with Crippen molar-refractivity contribution in [3.05, 3.63) is 36.5 Å². The Morgan fingerprint density at radius 1 is 1.33 bits per heavy atom. The highest BCUT2D eigenvalue weighted by Gasteiger charge is 2.23. The van der Waals surface area contributed by atoms with Gasteiger partial charge < -0.3 is 10.6 Å². The van der Waals surface area contributed by atoms with Gasteiger partial charge in [0.05, 0.1) is 22.1 Å². The molecular formula is C19H22N6OS. The van der Waals surface area contributed by atoms with E-state index in [2.05, 4.69) is 32.4 Å². The zero-order valence-electron chi connectivity index (χ0n) is 14.9. The van der Waals surface area contributed by atoms with Crippen LogP contribution < -0.4 is 10.6 Å². The van der Waals surface area contributed by atoms with Gasteiger partial charge in [0, 0.05) is 18.7 Å². The number of carbonyl (C=O) groups is 1. The van der Waals surface area contributed by atoms with Crippen molar-refractivity contribution in [3.8, 4) is 0 Å². The molecule has 7 nitrogen and oxygen atoms in total. The van der Waals surface area contributed by atoms with E-state index in [1.54, 1.807) is 23.7 Å². The fraction of sp³-hybridized carbons (Fsp3) is 0.368. The summed E-state index contributed by atoms with van der Waals surface area (Å²) in [7, 11) is 0. The Balaban J connectivity index is 1.46. The number of ketones is 1. The predicted octanol–water partition coefficient (Wildman–Crippen LogP) is 4.27. The maximum Gasteiger partial charge on any atom is 0.229 e. The summed E-state index contributed by atoms with van der Waals surface area (Å²) in [6.45, 7) is 3.57. The average Bonchev–Trinajstić information content (AvgIpc) is 3.35. The molecule has 1 aliphatic rings. The lowest BCUT2D eigenvalue weighted by Gasteiger charge is -2.29. The van der Waals surface area contributed by atoms with Crippen molar-refractivity contribution in [1.82, 2.24) is 20.2 Å². The molecule has 0 aromatic carbocycles. The van der Waals surface area contributed by atoms with Crippen LogP contribution in [0.4, 0.5) is 17.5 Å². The van der Waals surface area contributed by atoms with Crippen molar-refractivity contribution < 1.29 is 4.79 Å². The second kappa shape index (κ2) is 7.87. The quantitative estimate of drug-likeness (QED) is 0.528. The number of hydrogen-bond donors (Lipinski definition) is 3. The molecule has 4 rings (SSSR count). The monoisotopic (exact) mass is 382 g/mol. The molecule has 0 unspecified atom stereocenters. The summed E-state index contributed by atoms with van der Waals surface area (Å²) in [5.74, 6) is 2.04. The Kier molecular flexibility index (Phi) is 5.15. The van der Waals surface area contributed by atoms with Crippen LogP contribution in [0.3, 0.4) is 0 Å². The molecule has 0 saturated heterocycles. The van der Waals surface area contributed by atoms with Gasteiger partial charge in [-0.3, -0.25) is 9.89 Å². The summed E-state index contributed by atoms with van der Waals surface area (Å²) >= 11 is 1.64. The van der Waals surface area contributed by atoms with Crippen LogP contribution in [0.1, 0.15) is 32.1 Å². The SMILES string of the molecule is C=CC(=O)CC1CCC(Nc2nc(Nc3cn[nH]c3)nc3ccsc23)CC1. The molecular weight excluding hydrogens is 360 g/mol. The Labute approximate surface area is 161 Å². The van der Waals surface area contributed by atoms with Gasteiger partial charge in [0.15, 0.2) is 5.78 Å². The smallest absolute Gasteiger partial charge is 0.229 e. The summed E-state index contributed by atoms with van der Waals surface area (Å²) in [6, 6.07) is 2.37. The van der Waals surface area contributed by atoms with Crippen LogP contribution in [0.25, 0.3) is 10.2 Å². The van der Waals surface area contributed by atoms with Gasteiger partial charge in [-0.25, -0.2) is 4.98 Å². The van der Waals surface area contributed by atoms with Gasteiger partial charge in [0.1, 0.15) is 5.82 Å². The molecule has 3 N–H and O–H groups in total. The largest absolute Gasteiger partial charge is 0.366 e. The van der Waals surface area contributed by atoms with Crippen LogP contribution in [-0.2, 0) is 4.79 Å². The van der Waals surface area contributed by atoms with Crippen LogP contribution in [0, 0.1) is 5.92 Å². The summed E-state index contributed by atoms with van der Waals surface area (Å²) in [5, 5.41) is 15.5. The maximum absolute atomic E-state index is 11.6. The van der Waals surface area contributed by atoms with Crippen molar-refractivity contribution in [1.29, 1.82) is 0 Å². The van der Waals surface area contributed by atoms with E-state index in [0.717, 1.165) is 47.4 Å². The molecule has 3 aromatic heterocycles. The number of allylic oxidation sites excluding steroid dienone is 1. The number of aromatic amines is 1. The van der Waals surface area contributed by atoms with Gasteiger partial charge in [-0.1, -0.05) is 6.58 Å². The number of H-pyrrole nitrogens is 1. The third kappa shape index (κ3) is 4.16. The highest BCUT2D eigenvalue weighted by atomic mass is 32.1. The molecule has 0 aliphatic heterocycles. The zero-order valence-corrected chi connectivity index (χ0v) is 15.8. The predicted molar refractivity (Wildman–Crippen MR) is 108 cm³/mol. The van der Waals surface area contributed by atoms with Gasteiger partial charge in [0.25, 0.3) is 0 Å². The lowest BCUT2D eigenvalue weighted by atomic mass is 9.83. The number of fused-ring (bicyclic) bond motifs is 1. The van der Waals surface area contributed by atoms with Crippen molar-refractivity contribution in [2.75, 3.05) is 10.6 Å². The number of anilines is 3. The average molecular weight is 382 g/mol. The normalized spacial score (nSPS) is 19.7. The molecule has 8 heteroatoms. The Morgan fingerprint density at radius 3 is 2.93 bits per heavy atom. The molecule has 3 aromatic rings. The van der Waals surface area contributed by atoms with Crippen molar-refractivity contribution in [2.45, 2.75) is 38.1 Å². The summed E-state index contributed by atoms with van der Waals surface area (Å²) in [6.07, 6.45) is 9.70. The second-order valence-electron chi connectivity index (χ2n) is 6.88. The Morgan fingerprint density at radius 2 is 2.19 bits per heavy atom. The number of carbonyl (C=O) groups excluding carboxylic acids is 1. The minimum absolute atomic E-state index is 0.150. The minimum Gasteiger partial charge on any atom is -0.366 e. The van der Waals surface area contributed by atoms with Crippen molar-refractivity contribution >= 4 is 44.8 Å². The molecule has 0 radical (unpaired) electrons. The van der Waals surface area contributed by atoms with E-state index in [9.17, 15) is 4.79 Å². The van der Waals surface area contributed by atoms with Crippen LogP contribution in [-0.4, -0.2) is 32.0 Å². The van der Waals surface area contributed by atoms with Gasteiger partial charge in [-0.15, -0.1) is 11.3 Å². The van der Waals surface area contributed by atoms with E-state index in [1.165, 1.54) is 6.08 Å². The molecule has 140 valence electrons. The van der Waals surface area contributed by atoms with E-state index in [4.69, 9.17) is 4.98 Å². The van der Waals surface area contributed by atoms with Crippen LogP contribution in [0.5, 0.6) is 0 Å². The number of rotatable bonds is 7. The molecule has 0 spiro atoms. The van der Waals surface area contributed by atoms with E-state index in [0.29, 0.717) is 24.3 Å². The molecule has 0 bridgehead atoms. The van der Waals surface area contributed by atoms with E-state index >= 15 is 0 Å². The summed E-state index contributed by atoms with van der Waals surface area (Å²) < 4.78 is 1.07. The molecule has 0 amide bonds. The van der Waals surface area contributed by atoms with Gasteiger partial charge >= 0.3 is 0 Å². The lowest BCUT2D eigenvalue weighted by Crippen LogP contribution is -2.27. The molecule has 1 saturated carbocycles. The van der Waals surface area contributed by atoms with Gasteiger partial charge in [-0.2, -0.15) is 10.1 Å².